The summed E-state index contributed by atoms with van der Waals surface area (Å²) in [6.07, 6.45) is 98.5. The first-order valence-corrected chi connectivity index (χ1v) is 33.8. The van der Waals surface area contributed by atoms with E-state index in [1.54, 1.807) is 0 Å². The largest absolute Gasteiger partial charge is 0.462 e. The number of hydrogen-bond acceptors (Lipinski definition) is 6. The van der Waals surface area contributed by atoms with Crippen LogP contribution in [0, 0.1) is 0 Å². The van der Waals surface area contributed by atoms with Crippen molar-refractivity contribution in [2.45, 2.75) is 303 Å². The summed E-state index contributed by atoms with van der Waals surface area (Å²) in [6.45, 7) is 6.46. The van der Waals surface area contributed by atoms with Crippen LogP contribution in [-0.2, 0) is 28.6 Å². The molecule has 0 amide bonds. The first-order valence-electron chi connectivity index (χ1n) is 33.8. The Morgan fingerprint density at radius 2 is 0.476 bits per heavy atom. The van der Waals surface area contributed by atoms with Crippen molar-refractivity contribution in [2.75, 3.05) is 13.2 Å². The van der Waals surface area contributed by atoms with Crippen LogP contribution in [0.25, 0.3) is 0 Å². The quantitative estimate of drug-likeness (QED) is 0.0261. The summed E-state index contributed by atoms with van der Waals surface area (Å²) in [6, 6.07) is 0. The lowest BCUT2D eigenvalue weighted by atomic mass is 10.1. The molecule has 0 N–H and O–H groups in total. The molecule has 1 unspecified atom stereocenters. The lowest BCUT2D eigenvalue weighted by molar-refractivity contribution is -0.167. The minimum atomic E-state index is -0.813. The average molecular weight is 1130 g/mol. The predicted octanol–water partition coefficient (Wildman–Crippen LogP) is 23.5. The Hall–Kier alpha value is -4.71. The van der Waals surface area contributed by atoms with E-state index >= 15 is 0 Å². The van der Waals surface area contributed by atoms with Gasteiger partial charge in [-0.2, -0.15) is 0 Å². The van der Waals surface area contributed by atoms with Gasteiger partial charge in [0.05, 0.1) is 0 Å². The summed E-state index contributed by atoms with van der Waals surface area (Å²) in [4.78, 5) is 38.4. The van der Waals surface area contributed by atoms with E-state index in [1.165, 1.54) is 116 Å². The molecule has 0 aliphatic carbocycles. The number of ether oxygens (including phenoxy) is 3. The van der Waals surface area contributed by atoms with Crippen molar-refractivity contribution in [3.8, 4) is 0 Å². The molecule has 0 aliphatic rings. The molecule has 464 valence electrons. The molecule has 0 saturated carbocycles. The average Bonchev–Trinajstić information content (AvgIpc) is 3.47. The second-order valence-electron chi connectivity index (χ2n) is 22.0. The van der Waals surface area contributed by atoms with Crippen molar-refractivity contribution in [1.29, 1.82) is 0 Å². The number of rotatable bonds is 60. The van der Waals surface area contributed by atoms with Gasteiger partial charge in [-0.25, -0.2) is 0 Å². The van der Waals surface area contributed by atoms with Crippen LogP contribution in [0.5, 0.6) is 0 Å². The Balaban J connectivity index is 4.49. The minimum Gasteiger partial charge on any atom is -0.462 e. The molecule has 0 fully saturated rings. The third kappa shape index (κ3) is 66.1. The van der Waals surface area contributed by atoms with E-state index in [2.05, 4.69) is 167 Å². The van der Waals surface area contributed by atoms with Crippen molar-refractivity contribution in [1.82, 2.24) is 0 Å². The predicted molar refractivity (Wildman–Crippen MR) is 357 cm³/mol. The second kappa shape index (κ2) is 68.8. The van der Waals surface area contributed by atoms with Gasteiger partial charge in [-0.3, -0.25) is 14.4 Å². The Morgan fingerprint density at radius 1 is 0.256 bits per heavy atom. The summed E-state index contributed by atoms with van der Waals surface area (Å²) in [5, 5.41) is 0. The Bertz CT molecular complexity index is 1780. The zero-order valence-electron chi connectivity index (χ0n) is 53.2. The molecule has 0 aromatic rings. The van der Waals surface area contributed by atoms with Crippen LogP contribution in [0.2, 0.25) is 0 Å². The highest BCUT2D eigenvalue weighted by Crippen LogP contribution is 2.15. The maximum absolute atomic E-state index is 12.9. The monoisotopic (exact) mass is 1130 g/mol. The molecule has 82 heavy (non-hydrogen) atoms. The van der Waals surface area contributed by atoms with E-state index in [0.29, 0.717) is 25.7 Å². The second-order valence-corrected chi connectivity index (χ2v) is 22.0. The Kier molecular flexibility index (Phi) is 64.8. The highest BCUT2D eigenvalue weighted by atomic mass is 16.6. The molecule has 0 radical (unpaired) electrons. The van der Waals surface area contributed by atoms with Crippen LogP contribution < -0.4 is 0 Å². The van der Waals surface area contributed by atoms with Crippen LogP contribution in [0.4, 0.5) is 0 Å². The molecule has 0 aromatic carbocycles. The van der Waals surface area contributed by atoms with Gasteiger partial charge in [0.1, 0.15) is 13.2 Å². The molecule has 0 bridgehead atoms. The van der Waals surface area contributed by atoms with E-state index in [0.717, 1.165) is 135 Å². The summed E-state index contributed by atoms with van der Waals surface area (Å²) >= 11 is 0. The summed E-state index contributed by atoms with van der Waals surface area (Å²) < 4.78 is 16.9. The third-order valence-electron chi connectivity index (χ3n) is 14.0. The highest BCUT2D eigenvalue weighted by molar-refractivity contribution is 5.71. The smallest absolute Gasteiger partial charge is 0.306 e. The molecule has 6 heteroatoms. The van der Waals surface area contributed by atoms with Crippen molar-refractivity contribution in [2.24, 2.45) is 0 Å². The van der Waals surface area contributed by atoms with Crippen LogP contribution in [0.15, 0.2) is 146 Å². The fourth-order valence-corrected chi connectivity index (χ4v) is 8.99. The molecule has 0 rings (SSSR count). The Morgan fingerprint density at radius 3 is 0.780 bits per heavy atom. The number of hydrogen-bond donors (Lipinski definition) is 0. The number of carbonyl (C=O) groups is 3. The number of carbonyl (C=O) groups excluding carboxylic acids is 3. The van der Waals surface area contributed by atoms with Crippen molar-refractivity contribution in [3.05, 3.63) is 146 Å². The number of allylic oxidation sites excluding steroid dienone is 24. The van der Waals surface area contributed by atoms with Gasteiger partial charge in [-0.1, -0.05) is 276 Å². The molecule has 0 saturated heterocycles. The SMILES string of the molecule is CC/C=C\C/C=C\C/C=C\C/C=C\C/C=C\C/C=C\C/C=C\C/C=C\CCCCC(=O)OCC(COC(=O)CCCCCCC/C=C\C/C=C\CCCCCC)OC(=O)CCCCCCCCCCC/C=C\C/C=C\CCCCCCC. The van der Waals surface area contributed by atoms with Gasteiger partial charge in [0.15, 0.2) is 6.10 Å². The van der Waals surface area contributed by atoms with Crippen molar-refractivity contribution < 1.29 is 28.6 Å². The summed E-state index contributed by atoms with van der Waals surface area (Å²) in [5.41, 5.74) is 0. The van der Waals surface area contributed by atoms with E-state index in [4.69, 9.17) is 14.2 Å². The van der Waals surface area contributed by atoms with Gasteiger partial charge in [0, 0.05) is 19.3 Å². The summed E-state index contributed by atoms with van der Waals surface area (Å²) in [7, 11) is 0. The lowest BCUT2D eigenvalue weighted by Crippen LogP contribution is -2.30. The van der Waals surface area contributed by atoms with Crippen LogP contribution in [-0.4, -0.2) is 37.2 Å². The van der Waals surface area contributed by atoms with Gasteiger partial charge in [0.25, 0.3) is 0 Å². The minimum absolute atomic E-state index is 0.105. The van der Waals surface area contributed by atoms with Gasteiger partial charge >= 0.3 is 17.9 Å². The van der Waals surface area contributed by atoms with Gasteiger partial charge < -0.3 is 14.2 Å². The van der Waals surface area contributed by atoms with Crippen LogP contribution in [0.1, 0.15) is 297 Å². The zero-order valence-corrected chi connectivity index (χ0v) is 53.2. The standard InChI is InChI=1S/C76H124O6/c1-4-7-10-13-16-19-22-25-28-31-33-35-36-37-38-39-40-42-43-45-48-51-54-57-60-63-66-69-75(78)81-72-73(71-80-74(77)68-65-62-59-56-53-50-47-30-27-24-21-18-15-12-9-6-3)82-76(79)70-67-64-61-58-55-52-49-46-44-41-34-32-29-26-23-20-17-14-11-8-5-2/h7,10,16,19,21,23-26,28,30,32-35,37-38,40,42,45,47-48,54,57,73H,4-6,8-9,11-15,17-18,20,22,27,29,31,36,39,41,43-44,46,49-53,55-56,58-72H2,1-3H3/b10-7-,19-16-,24-21-,26-23-,28-25-,34-32-,35-33-,38-37-,42-40-,47-30-,48-45-,57-54-. The molecule has 0 aliphatic heterocycles. The van der Waals surface area contributed by atoms with Crippen molar-refractivity contribution in [3.63, 3.8) is 0 Å². The first-order chi connectivity index (χ1) is 40.5. The van der Waals surface area contributed by atoms with Gasteiger partial charge in [-0.15, -0.1) is 0 Å². The Labute approximate surface area is 506 Å². The fraction of sp³-hybridized carbons (Fsp3) is 0.645. The molecule has 0 aromatic heterocycles. The summed E-state index contributed by atoms with van der Waals surface area (Å²) in [5.74, 6) is -0.964. The molecular weight excluding hydrogens is 1010 g/mol. The van der Waals surface area contributed by atoms with Crippen molar-refractivity contribution >= 4 is 17.9 Å². The molecule has 0 heterocycles. The normalized spacial score (nSPS) is 13.1. The molecule has 0 spiro atoms. The van der Waals surface area contributed by atoms with E-state index in [1.807, 2.05) is 0 Å². The molecule has 6 nitrogen and oxygen atoms in total. The molecular formula is C76H124O6. The van der Waals surface area contributed by atoms with Crippen LogP contribution in [0.3, 0.4) is 0 Å². The third-order valence-corrected chi connectivity index (χ3v) is 14.0. The van der Waals surface area contributed by atoms with Crippen LogP contribution >= 0.6 is 0 Å². The maximum Gasteiger partial charge on any atom is 0.306 e. The van der Waals surface area contributed by atoms with Gasteiger partial charge in [-0.05, 0) is 148 Å². The van der Waals surface area contributed by atoms with E-state index < -0.39 is 6.10 Å². The number of unbranched alkanes of at least 4 members (excludes halogenated alkanes) is 25. The maximum atomic E-state index is 12.9. The number of esters is 3. The van der Waals surface area contributed by atoms with E-state index in [9.17, 15) is 14.4 Å². The molecule has 1 atom stereocenters. The topological polar surface area (TPSA) is 78.9 Å². The lowest BCUT2D eigenvalue weighted by Gasteiger charge is -2.18. The first kappa shape index (κ1) is 77.3. The van der Waals surface area contributed by atoms with Gasteiger partial charge in [0.2, 0.25) is 0 Å². The highest BCUT2D eigenvalue weighted by Gasteiger charge is 2.19. The van der Waals surface area contributed by atoms with E-state index in [-0.39, 0.29) is 31.1 Å². The fourth-order valence-electron chi connectivity index (χ4n) is 8.99. The zero-order chi connectivity index (χ0) is 59.2.